The van der Waals surface area contributed by atoms with Crippen LogP contribution in [0.15, 0.2) is 18.2 Å². The Kier molecular flexibility index (Phi) is 4.10. The minimum Gasteiger partial charge on any atom is -0.398 e. The molecule has 0 spiro atoms. The van der Waals surface area contributed by atoms with Gasteiger partial charge in [-0.25, -0.2) is 0 Å². The van der Waals surface area contributed by atoms with Crippen molar-refractivity contribution in [3.8, 4) is 0 Å². The molecule has 4 nitrogen and oxygen atoms in total. The first-order valence-corrected chi connectivity index (χ1v) is 6.81. The molecule has 1 aromatic carbocycles. The van der Waals surface area contributed by atoms with E-state index < -0.39 is 0 Å². The van der Waals surface area contributed by atoms with Gasteiger partial charge in [-0.2, -0.15) is 0 Å². The van der Waals surface area contributed by atoms with E-state index in [1.54, 1.807) is 0 Å². The molecule has 1 aliphatic rings. The van der Waals surface area contributed by atoms with Gasteiger partial charge in [-0.1, -0.05) is 6.07 Å². The van der Waals surface area contributed by atoms with Crippen LogP contribution in [0.1, 0.15) is 28.8 Å². The van der Waals surface area contributed by atoms with Gasteiger partial charge in [0.1, 0.15) is 0 Å². The van der Waals surface area contributed by atoms with Crippen molar-refractivity contribution in [1.29, 1.82) is 0 Å². The topological polar surface area (TPSA) is 49.6 Å². The maximum atomic E-state index is 12.4. The SMILES string of the molecule is Cc1ccc(C(=O)N2CCC(N(C)C)CC2)c(N)c1. The maximum Gasteiger partial charge on any atom is 0.255 e. The molecule has 0 unspecified atom stereocenters. The molecule has 0 bridgehead atoms. The number of nitrogens with zero attached hydrogens (tertiary/aromatic N) is 2. The fraction of sp³-hybridized carbons (Fsp3) is 0.533. The fourth-order valence-corrected chi connectivity index (χ4v) is 2.63. The van der Waals surface area contributed by atoms with Gasteiger partial charge < -0.3 is 15.5 Å². The van der Waals surface area contributed by atoms with Crippen LogP contribution in [0.5, 0.6) is 0 Å². The Balaban J connectivity index is 2.05. The summed E-state index contributed by atoms with van der Waals surface area (Å²) in [6.45, 7) is 3.61. The Bertz CT molecular complexity index is 462. The highest BCUT2D eigenvalue weighted by molar-refractivity contribution is 5.99. The van der Waals surface area contributed by atoms with Gasteiger partial charge in [-0.05, 0) is 51.6 Å². The quantitative estimate of drug-likeness (QED) is 0.825. The standard InChI is InChI=1S/C15H23N3O/c1-11-4-5-13(14(16)10-11)15(19)18-8-6-12(7-9-18)17(2)3/h4-5,10,12H,6-9,16H2,1-3H3. The van der Waals surface area contributed by atoms with Gasteiger partial charge in [0.15, 0.2) is 0 Å². The molecule has 1 aliphatic heterocycles. The Labute approximate surface area is 115 Å². The van der Waals surface area contributed by atoms with Crippen LogP contribution in [-0.4, -0.2) is 48.9 Å². The van der Waals surface area contributed by atoms with Gasteiger partial charge in [-0.3, -0.25) is 4.79 Å². The predicted molar refractivity (Wildman–Crippen MR) is 78.2 cm³/mol. The molecular weight excluding hydrogens is 238 g/mol. The molecule has 4 heteroatoms. The molecule has 0 radical (unpaired) electrons. The van der Waals surface area contributed by atoms with Crippen LogP contribution in [0.2, 0.25) is 0 Å². The number of nitrogens with two attached hydrogens (primary N) is 1. The van der Waals surface area contributed by atoms with E-state index in [2.05, 4.69) is 19.0 Å². The third-order valence-electron chi connectivity index (χ3n) is 3.92. The lowest BCUT2D eigenvalue weighted by molar-refractivity contribution is 0.0664. The van der Waals surface area contributed by atoms with E-state index in [1.807, 2.05) is 30.0 Å². The van der Waals surface area contributed by atoms with Crippen LogP contribution >= 0.6 is 0 Å². The molecule has 1 aromatic rings. The molecular formula is C15H23N3O. The third kappa shape index (κ3) is 3.07. The Morgan fingerprint density at radius 2 is 1.95 bits per heavy atom. The zero-order valence-electron chi connectivity index (χ0n) is 12.0. The highest BCUT2D eigenvalue weighted by Crippen LogP contribution is 2.20. The molecule has 1 amide bonds. The summed E-state index contributed by atoms with van der Waals surface area (Å²) in [6.07, 6.45) is 2.06. The summed E-state index contributed by atoms with van der Waals surface area (Å²) in [5, 5.41) is 0. The van der Waals surface area contributed by atoms with Crippen LogP contribution in [-0.2, 0) is 0 Å². The maximum absolute atomic E-state index is 12.4. The Morgan fingerprint density at radius 1 is 1.32 bits per heavy atom. The van der Waals surface area contributed by atoms with E-state index >= 15 is 0 Å². The zero-order valence-corrected chi connectivity index (χ0v) is 12.0. The molecule has 0 saturated carbocycles. The lowest BCUT2D eigenvalue weighted by Crippen LogP contribution is -2.44. The molecule has 1 heterocycles. The van der Waals surface area contributed by atoms with Gasteiger partial charge in [-0.15, -0.1) is 0 Å². The van der Waals surface area contributed by atoms with Crippen molar-refractivity contribution in [3.63, 3.8) is 0 Å². The van der Waals surface area contributed by atoms with E-state index in [1.165, 1.54) is 0 Å². The summed E-state index contributed by atoms with van der Waals surface area (Å²) in [4.78, 5) is 16.6. The molecule has 2 rings (SSSR count). The average molecular weight is 261 g/mol. The third-order valence-corrected chi connectivity index (χ3v) is 3.92. The van der Waals surface area contributed by atoms with Crippen LogP contribution in [0.4, 0.5) is 5.69 Å². The number of rotatable bonds is 2. The van der Waals surface area contributed by atoms with Crippen LogP contribution in [0.25, 0.3) is 0 Å². The number of hydrogen-bond donors (Lipinski definition) is 1. The summed E-state index contributed by atoms with van der Waals surface area (Å²) in [6, 6.07) is 6.22. The normalized spacial score (nSPS) is 16.9. The minimum atomic E-state index is 0.0645. The van der Waals surface area contributed by atoms with Crippen molar-refractivity contribution in [3.05, 3.63) is 29.3 Å². The van der Waals surface area contributed by atoms with Crippen molar-refractivity contribution in [1.82, 2.24) is 9.80 Å². The lowest BCUT2D eigenvalue weighted by atomic mass is 10.0. The summed E-state index contributed by atoms with van der Waals surface area (Å²) in [5.74, 6) is 0.0645. The first kappa shape index (κ1) is 13.9. The second-order valence-corrected chi connectivity index (χ2v) is 5.58. The van der Waals surface area contributed by atoms with Gasteiger partial charge in [0.05, 0.1) is 5.56 Å². The summed E-state index contributed by atoms with van der Waals surface area (Å²) < 4.78 is 0. The molecule has 0 aliphatic carbocycles. The molecule has 0 aromatic heterocycles. The fourth-order valence-electron chi connectivity index (χ4n) is 2.63. The van der Waals surface area contributed by atoms with E-state index in [0.29, 0.717) is 17.3 Å². The molecule has 19 heavy (non-hydrogen) atoms. The minimum absolute atomic E-state index is 0.0645. The first-order chi connectivity index (χ1) is 8.99. The first-order valence-electron chi connectivity index (χ1n) is 6.81. The van der Waals surface area contributed by atoms with Crippen molar-refractivity contribution >= 4 is 11.6 Å². The van der Waals surface area contributed by atoms with Crippen LogP contribution in [0, 0.1) is 6.92 Å². The van der Waals surface area contributed by atoms with Gasteiger partial charge in [0.2, 0.25) is 0 Å². The largest absolute Gasteiger partial charge is 0.398 e. The van der Waals surface area contributed by atoms with Crippen LogP contribution in [0.3, 0.4) is 0 Å². The van der Waals surface area contributed by atoms with Gasteiger partial charge in [0.25, 0.3) is 5.91 Å². The number of amides is 1. The number of carbonyl (C=O) groups is 1. The smallest absolute Gasteiger partial charge is 0.255 e. The number of nitrogen functional groups attached to an aromatic ring is 1. The average Bonchev–Trinajstić information content (AvgIpc) is 2.38. The monoisotopic (exact) mass is 261 g/mol. The highest BCUT2D eigenvalue weighted by atomic mass is 16.2. The molecule has 2 N–H and O–H groups in total. The van der Waals surface area contributed by atoms with Crippen molar-refractivity contribution < 1.29 is 4.79 Å². The predicted octanol–water partition coefficient (Wildman–Crippen LogP) is 1.74. The number of likely N-dealkylation sites (tertiary alicyclic amines) is 1. The molecule has 104 valence electrons. The molecule has 1 fully saturated rings. The Morgan fingerprint density at radius 3 is 2.47 bits per heavy atom. The van der Waals surface area contributed by atoms with E-state index in [-0.39, 0.29) is 5.91 Å². The number of carbonyl (C=O) groups excluding carboxylic acids is 1. The number of benzene rings is 1. The number of aryl methyl sites for hydroxylation is 1. The molecule has 1 saturated heterocycles. The van der Waals surface area contributed by atoms with E-state index in [9.17, 15) is 4.79 Å². The van der Waals surface area contributed by atoms with Crippen molar-refractivity contribution in [2.45, 2.75) is 25.8 Å². The number of piperidine rings is 1. The van der Waals surface area contributed by atoms with E-state index in [4.69, 9.17) is 5.73 Å². The number of anilines is 1. The second-order valence-electron chi connectivity index (χ2n) is 5.58. The zero-order chi connectivity index (χ0) is 14.0. The van der Waals surface area contributed by atoms with Crippen molar-refractivity contribution in [2.24, 2.45) is 0 Å². The summed E-state index contributed by atoms with van der Waals surface area (Å²) in [5.41, 5.74) is 8.25. The Hall–Kier alpha value is -1.55. The summed E-state index contributed by atoms with van der Waals surface area (Å²) in [7, 11) is 4.19. The van der Waals surface area contributed by atoms with Gasteiger partial charge >= 0.3 is 0 Å². The van der Waals surface area contributed by atoms with Crippen molar-refractivity contribution in [2.75, 3.05) is 32.9 Å². The second kappa shape index (κ2) is 5.61. The summed E-state index contributed by atoms with van der Waals surface area (Å²) >= 11 is 0. The number of hydrogen-bond acceptors (Lipinski definition) is 3. The molecule has 0 atom stereocenters. The van der Waals surface area contributed by atoms with E-state index in [0.717, 1.165) is 31.5 Å². The highest BCUT2D eigenvalue weighted by Gasteiger charge is 2.25. The van der Waals surface area contributed by atoms with Crippen LogP contribution < -0.4 is 5.73 Å². The lowest BCUT2D eigenvalue weighted by Gasteiger charge is -2.35. The van der Waals surface area contributed by atoms with Gasteiger partial charge in [0, 0.05) is 24.8 Å².